The van der Waals surface area contributed by atoms with Gasteiger partial charge in [-0.3, -0.25) is 4.90 Å². The average Bonchev–Trinajstić information content (AvgIpc) is 2.77. The SMILES string of the molecule is CCCCN1CCc2ccc(OC3CCCN(C)CC3)cc2C1. The van der Waals surface area contributed by atoms with E-state index in [4.69, 9.17) is 4.74 Å². The molecule has 0 N–H and O–H groups in total. The Labute approximate surface area is 141 Å². The van der Waals surface area contributed by atoms with Gasteiger partial charge in [0.15, 0.2) is 0 Å². The minimum atomic E-state index is 0.387. The summed E-state index contributed by atoms with van der Waals surface area (Å²) in [6, 6.07) is 6.79. The lowest BCUT2D eigenvalue weighted by molar-refractivity contribution is 0.182. The van der Waals surface area contributed by atoms with Crippen molar-refractivity contribution in [3.05, 3.63) is 29.3 Å². The fourth-order valence-corrected chi connectivity index (χ4v) is 3.76. The van der Waals surface area contributed by atoms with Crippen LogP contribution in [0.2, 0.25) is 0 Å². The van der Waals surface area contributed by atoms with E-state index in [1.165, 1.54) is 62.9 Å². The van der Waals surface area contributed by atoms with E-state index in [-0.39, 0.29) is 0 Å². The summed E-state index contributed by atoms with van der Waals surface area (Å²) < 4.78 is 6.32. The number of hydrogen-bond donors (Lipinski definition) is 0. The van der Waals surface area contributed by atoms with E-state index in [0.717, 1.165) is 25.3 Å². The molecule has 0 aromatic heterocycles. The zero-order chi connectivity index (χ0) is 16.1. The lowest BCUT2D eigenvalue weighted by atomic mass is 9.99. The molecule has 2 heterocycles. The van der Waals surface area contributed by atoms with Gasteiger partial charge >= 0.3 is 0 Å². The summed E-state index contributed by atoms with van der Waals surface area (Å²) in [6.07, 6.45) is 7.74. The Morgan fingerprint density at radius 2 is 2.04 bits per heavy atom. The van der Waals surface area contributed by atoms with Crippen LogP contribution in [0.5, 0.6) is 5.75 Å². The highest BCUT2D eigenvalue weighted by Gasteiger charge is 2.19. The average molecular weight is 316 g/mol. The fraction of sp³-hybridized carbons (Fsp3) is 0.700. The van der Waals surface area contributed by atoms with Crippen LogP contribution < -0.4 is 4.74 Å². The second-order valence-electron chi connectivity index (χ2n) is 7.28. The molecule has 3 rings (SSSR count). The highest BCUT2D eigenvalue weighted by molar-refractivity contribution is 5.37. The third kappa shape index (κ3) is 4.71. The zero-order valence-electron chi connectivity index (χ0n) is 14.9. The first-order valence-corrected chi connectivity index (χ1v) is 9.44. The van der Waals surface area contributed by atoms with E-state index in [1.54, 1.807) is 0 Å². The molecule has 1 fully saturated rings. The van der Waals surface area contributed by atoms with Gasteiger partial charge in [-0.05, 0) is 75.5 Å². The molecule has 0 aliphatic carbocycles. The van der Waals surface area contributed by atoms with Gasteiger partial charge in [-0.2, -0.15) is 0 Å². The van der Waals surface area contributed by atoms with Gasteiger partial charge in [0, 0.05) is 19.6 Å². The quantitative estimate of drug-likeness (QED) is 0.823. The highest BCUT2D eigenvalue weighted by atomic mass is 16.5. The Kier molecular flexibility index (Phi) is 5.96. The molecule has 3 heteroatoms. The molecule has 1 aromatic carbocycles. The van der Waals surface area contributed by atoms with E-state index >= 15 is 0 Å². The van der Waals surface area contributed by atoms with Crippen LogP contribution in [0.25, 0.3) is 0 Å². The molecule has 1 aromatic rings. The maximum Gasteiger partial charge on any atom is 0.120 e. The van der Waals surface area contributed by atoms with Gasteiger partial charge in [-0.25, -0.2) is 0 Å². The number of unbranched alkanes of at least 4 members (excludes halogenated alkanes) is 1. The minimum absolute atomic E-state index is 0.387. The number of likely N-dealkylation sites (tertiary alicyclic amines) is 1. The number of fused-ring (bicyclic) bond motifs is 1. The van der Waals surface area contributed by atoms with E-state index in [1.807, 2.05) is 0 Å². The zero-order valence-corrected chi connectivity index (χ0v) is 14.9. The molecule has 23 heavy (non-hydrogen) atoms. The van der Waals surface area contributed by atoms with Crippen LogP contribution in [0.1, 0.15) is 50.2 Å². The van der Waals surface area contributed by atoms with Crippen molar-refractivity contribution in [2.75, 3.05) is 33.2 Å². The van der Waals surface area contributed by atoms with E-state index in [2.05, 4.69) is 42.0 Å². The van der Waals surface area contributed by atoms with Gasteiger partial charge in [-0.15, -0.1) is 0 Å². The van der Waals surface area contributed by atoms with Crippen molar-refractivity contribution in [1.29, 1.82) is 0 Å². The first-order valence-electron chi connectivity index (χ1n) is 9.44. The Bertz CT molecular complexity index is 502. The first-order chi connectivity index (χ1) is 11.2. The number of benzene rings is 1. The van der Waals surface area contributed by atoms with Gasteiger partial charge in [0.05, 0.1) is 6.10 Å². The van der Waals surface area contributed by atoms with Gasteiger partial charge in [0.1, 0.15) is 5.75 Å². The topological polar surface area (TPSA) is 15.7 Å². The molecule has 0 amide bonds. The summed E-state index contributed by atoms with van der Waals surface area (Å²) >= 11 is 0. The normalized spacial score (nSPS) is 23.3. The predicted molar refractivity (Wildman–Crippen MR) is 96.1 cm³/mol. The number of nitrogens with zero attached hydrogens (tertiary/aromatic N) is 2. The molecule has 3 nitrogen and oxygen atoms in total. The van der Waals surface area contributed by atoms with Gasteiger partial charge in [0.25, 0.3) is 0 Å². The number of ether oxygens (including phenoxy) is 1. The molecule has 1 unspecified atom stereocenters. The van der Waals surface area contributed by atoms with Crippen LogP contribution in [-0.4, -0.2) is 49.1 Å². The van der Waals surface area contributed by atoms with E-state index in [0.29, 0.717) is 6.10 Å². The minimum Gasteiger partial charge on any atom is -0.490 e. The van der Waals surface area contributed by atoms with E-state index < -0.39 is 0 Å². The van der Waals surface area contributed by atoms with Crippen molar-refractivity contribution in [3.8, 4) is 5.75 Å². The van der Waals surface area contributed by atoms with Crippen LogP contribution in [-0.2, 0) is 13.0 Å². The Morgan fingerprint density at radius 1 is 1.13 bits per heavy atom. The maximum atomic E-state index is 6.32. The van der Waals surface area contributed by atoms with Crippen LogP contribution in [0.3, 0.4) is 0 Å². The number of hydrogen-bond acceptors (Lipinski definition) is 3. The second kappa shape index (κ2) is 8.16. The molecule has 128 valence electrons. The summed E-state index contributed by atoms with van der Waals surface area (Å²) in [4.78, 5) is 5.01. The highest BCUT2D eigenvalue weighted by Crippen LogP contribution is 2.26. The molecule has 2 aliphatic heterocycles. The lowest BCUT2D eigenvalue weighted by Crippen LogP contribution is -2.31. The summed E-state index contributed by atoms with van der Waals surface area (Å²) in [7, 11) is 2.21. The molecular weight excluding hydrogens is 284 g/mol. The Hall–Kier alpha value is -1.06. The van der Waals surface area contributed by atoms with E-state index in [9.17, 15) is 0 Å². The first kappa shape index (κ1) is 16.8. The number of rotatable bonds is 5. The second-order valence-corrected chi connectivity index (χ2v) is 7.28. The molecule has 0 spiro atoms. The lowest BCUT2D eigenvalue weighted by Gasteiger charge is -2.29. The Morgan fingerprint density at radius 3 is 2.91 bits per heavy atom. The van der Waals surface area contributed by atoms with Gasteiger partial charge in [-0.1, -0.05) is 19.4 Å². The Balaban J connectivity index is 1.61. The molecule has 0 saturated carbocycles. The summed E-state index contributed by atoms with van der Waals surface area (Å²) in [6.45, 7) is 8.17. The van der Waals surface area contributed by atoms with Crippen LogP contribution in [0.15, 0.2) is 18.2 Å². The third-order valence-electron chi connectivity index (χ3n) is 5.30. The van der Waals surface area contributed by atoms with Crippen molar-refractivity contribution in [2.24, 2.45) is 0 Å². The largest absolute Gasteiger partial charge is 0.490 e. The van der Waals surface area contributed by atoms with Crippen molar-refractivity contribution >= 4 is 0 Å². The monoisotopic (exact) mass is 316 g/mol. The summed E-state index contributed by atoms with van der Waals surface area (Å²) in [5.74, 6) is 1.08. The maximum absolute atomic E-state index is 6.32. The fourth-order valence-electron chi connectivity index (χ4n) is 3.76. The predicted octanol–water partition coefficient (Wildman–Crippen LogP) is 3.71. The van der Waals surface area contributed by atoms with Crippen molar-refractivity contribution < 1.29 is 4.74 Å². The standard InChI is InChI=1S/C20H32N2O/c1-3-4-12-22-14-9-17-7-8-20(15-18(17)16-22)23-19-6-5-11-21(2)13-10-19/h7-8,15,19H,3-6,9-14,16H2,1-2H3. The smallest absolute Gasteiger partial charge is 0.120 e. The van der Waals surface area contributed by atoms with Crippen LogP contribution in [0.4, 0.5) is 0 Å². The van der Waals surface area contributed by atoms with Crippen molar-refractivity contribution in [2.45, 2.75) is 58.1 Å². The van der Waals surface area contributed by atoms with Crippen molar-refractivity contribution in [1.82, 2.24) is 9.80 Å². The van der Waals surface area contributed by atoms with Gasteiger partial charge in [0.2, 0.25) is 0 Å². The molecule has 1 atom stereocenters. The summed E-state index contributed by atoms with van der Waals surface area (Å²) in [5, 5.41) is 0. The van der Waals surface area contributed by atoms with Crippen molar-refractivity contribution in [3.63, 3.8) is 0 Å². The third-order valence-corrected chi connectivity index (χ3v) is 5.30. The van der Waals surface area contributed by atoms with Gasteiger partial charge < -0.3 is 9.64 Å². The summed E-state index contributed by atoms with van der Waals surface area (Å²) in [5.41, 5.74) is 3.00. The van der Waals surface area contributed by atoms with Crippen LogP contribution in [0, 0.1) is 0 Å². The molecule has 2 aliphatic rings. The molecule has 0 radical (unpaired) electrons. The molecule has 0 bridgehead atoms. The van der Waals surface area contributed by atoms with Crippen LogP contribution >= 0.6 is 0 Å². The molecular formula is C20H32N2O. The molecule has 1 saturated heterocycles.